The third-order valence-electron chi connectivity index (χ3n) is 6.08. The highest BCUT2D eigenvalue weighted by Gasteiger charge is 2.15. The molecule has 0 aliphatic carbocycles. The Labute approximate surface area is 190 Å². The minimum atomic E-state index is -0.0387. The molecule has 0 radical (unpaired) electrons. The van der Waals surface area contributed by atoms with E-state index in [0.717, 1.165) is 68.3 Å². The number of amides is 1. The van der Waals surface area contributed by atoms with Crippen LogP contribution in [0.3, 0.4) is 0 Å². The molecule has 0 unspecified atom stereocenters. The van der Waals surface area contributed by atoms with Crippen LogP contribution in [-0.4, -0.2) is 70.9 Å². The third-order valence-corrected chi connectivity index (χ3v) is 6.08. The molecule has 3 aromatic rings. The molecule has 0 bridgehead atoms. The first-order valence-electron chi connectivity index (χ1n) is 11.5. The van der Waals surface area contributed by atoms with Gasteiger partial charge in [-0.2, -0.15) is 0 Å². The van der Waals surface area contributed by atoms with Crippen LogP contribution in [0.1, 0.15) is 35.0 Å². The molecular formula is C25H33N5O2. The average Bonchev–Trinajstić information content (AvgIpc) is 3.26. The normalized spacial score (nSPS) is 15.2. The highest BCUT2D eigenvalue weighted by Crippen LogP contribution is 2.16. The van der Waals surface area contributed by atoms with Crippen LogP contribution in [0.4, 0.5) is 0 Å². The maximum Gasteiger partial charge on any atom is 0.251 e. The summed E-state index contributed by atoms with van der Waals surface area (Å²) in [7, 11) is 0. The quantitative estimate of drug-likeness (QED) is 0.524. The molecule has 1 amide bonds. The number of pyridine rings is 1. The number of nitrogens with zero attached hydrogens (tertiary/aromatic N) is 4. The lowest BCUT2D eigenvalue weighted by atomic mass is 10.2. The van der Waals surface area contributed by atoms with Gasteiger partial charge in [-0.05, 0) is 62.3 Å². The van der Waals surface area contributed by atoms with Crippen LogP contribution in [0.25, 0.3) is 5.65 Å². The van der Waals surface area contributed by atoms with E-state index in [-0.39, 0.29) is 5.91 Å². The molecule has 170 valence electrons. The van der Waals surface area contributed by atoms with Gasteiger partial charge in [-0.3, -0.25) is 4.79 Å². The molecule has 1 N–H and O–H groups in total. The highest BCUT2D eigenvalue weighted by atomic mass is 16.5. The van der Waals surface area contributed by atoms with E-state index in [0.29, 0.717) is 18.7 Å². The summed E-state index contributed by atoms with van der Waals surface area (Å²) in [4.78, 5) is 22.0. The smallest absolute Gasteiger partial charge is 0.251 e. The fraction of sp³-hybridized carbons (Fsp3) is 0.440. The van der Waals surface area contributed by atoms with E-state index in [1.165, 1.54) is 0 Å². The minimum absolute atomic E-state index is 0.0387. The number of aryl methyl sites for hydroxylation is 1. The zero-order chi connectivity index (χ0) is 22.3. The first kappa shape index (κ1) is 22.3. The molecule has 32 heavy (non-hydrogen) atoms. The first-order valence-corrected chi connectivity index (χ1v) is 11.5. The Morgan fingerprint density at radius 2 is 1.84 bits per heavy atom. The number of nitrogens with one attached hydrogen (secondary N) is 1. The number of imidazole rings is 1. The van der Waals surface area contributed by atoms with E-state index in [2.05, 4.69) is 27.0 Å². The maximum absolute atomic E-state index is 12.4. The predicted molar refractivity (Wildman–Crippen MR) is 126 cm³/mol. The molecule has 7 nitrogen and oxygen atoms in total. The van der Waals surface area contributed by atoms with E-state index in [1.54, 1.807) is 0 Å². The second-order valence-corrected chi connectivity index (χ2v) is 8.35. The summed E-state index contributed by atoms with van der Waals surface area (Å²) < 4.78 is 7.87. The van der Waals surface area contributed by atoms with Gasteiger partial charge in [-0.1, -0.05) is 13.0 Å². The second-order valence-electron chi connectivity index (χ2n) is 8.35. The van der Waals surface area contributed by atoms with E-state index in [9.17, 15) is 4.79 Å². The van der Waals surface area contributed by atoms with Gasteiger partial charge in [0, 0.05) is 50.7 Å². The Kier molecular flexibility index (Phi) is 7.39. The summed E-state index contributed by atoms with van der Waals surface area (Å²) in [6.07, 6.45) is 4.93. The van der Waals surface area contributed by atoms with Crippen molar-refractivity contribution in [1.82, 2.24) is 24.5 Å². The van der Waals surface area contributed by atoms with E-state index >= 15 is 0 Å². The van der Waals surface area contributed by atoms with Crippen LogP contribution in [0.15, 0.2) is 48.8 Å². The molecule has 4 rings (SSSR count). The Hall–Kier alpha value is -2.90. The van der Waals surface area contributed by atoms with Crippen molar-refractivity contribution in [3.8, 4) is 5.75 Å². The first-order chi connectivity index (χ1) is 15.6. The van der Waals surface area contributed by atoms with E-state index < -0.39 is 0 Å². The molecule has 1 aliphatic heterocycles. The predicted octanol–water partition coefficient (Wildman–Crippen LogP) is 2.98. The molecule has 3 heterocycles. The Balaban J connectivity index is 1.19. The van der Waals surface area contributed by atoms with Crippen LogP contribution in [-0.2, 0) is 6.61 Å². The summed E-state index contributed by atoms with van der Waals surface area (Å²) >= 11 is 0. The number of likely N-dealkylation sites (N-methyl/N-ethyl adjacent to an activating group) is 1. The summed E-state index contributed by atoms with van der Waals surface area (Å²) in [6, 6.07) is 11.3. The minimum Gasteiger partial charge on any atom is -0.487 e. The lowest BCUT2D eigenvalue weighted by molar-refractivity contribution is 0.0948. The zero-order valence-electron chi connectivity index (χ0n) is 19.1. The Morgan fingerprint density at radius 3 is 2.56 bits per heavy atom. The van der Waals surface area contributed by atoms with Gasteiger partial charge < -0.3 is 24.3 Å². The molecule has 1 saturated heterocycles. The number of hydrogen-bond acceptors (Lipinski definition) is 5. The van der Waals surface area contributed by atoms with Crippen LogP contribution >= 0.6 is 0 Å². The van der Waals surface area contributed by atoms with Gasteiger partial charge in [-0.25, -0.2) is 4.98 Å². The molecule has 1 aliphatic rings. The fourth-order valence-electron chi connectivity index (χ4n) is 4.07. The Bertz CT molecular complexity index is 1020. The van der Waals surface area contributed by atoms with Crippen molar-refractivity contribution in [3.05, 3.63) is 65.6 Å². The van der Waals surface area contributed by atoms with Gasteiger partial charge in [0.25, 0.3) is 5.91 Å². The standard InChI is InChI=1S/C25H33N5O2/c1-3-28-14-16-29(17-15-28)12-5-11-26-25(31)21-7-9-23(10-8-21)32-19-22-18-30-13-4-6-20(2)24(30)27-22/h4,6-10,13,18H,3,5,11-12,14-17,19H2,1-2H3,(H,26,31). The summed E-state index contributed by atoms with van der Waals surface area (Å²) in [5.74, 6) is 0.685. The second kappa shape index (κ2) is 10.6. The van der Waals surface area contributed by atoms with E-state index in [1.807, 2.05) is 60.1 Å². The van der Waals surface area contributed by atoms with Gasteiger partial charge in [-0.15, -0.1) is 0 Å². The number of carbonyl (C=O) groups excluding carboxylic acids is 1. The SMILES string of the molecule is CCN1CCN(CCCNC(=O)c2ccc(OCc3cn4cccc(C)c4n3)cc2)CC1. The van der Waals surface area contributed by atoms with Crippen LogP contribution in [0, 0.1) is 6.92 Å². The van der Waals surface area contributed by atoms with Crippen LogP contribution < -0.4 is 10.1 Å². The van der Waals surface area contributed by atoms with Gasteiger partial charge in [0.15, 0.2) is 0 Å². The van der Waals surface area contributed by atoms with Crippen molar-refractivity contribution in [2.45, 2.75) is 26.9 Å². The van der Waals surface area contributed by atoms with Crippen molar-refractivity contribution in [2.75, 3.05) is 45.8 Å². The van der Waals surface area contributed by atoms with Crippen molar-refractivity contribution in [1.29, 1.82) is 0 Å². The number of hydrogen-bond donors (Lipinski definition) is 1. The number of ether oxygens (including phenoxy) is 1. The molecular weight excluding hydrogens is 402 g/mol. The van der Waals surface area contributed by atoms with Crippen molar-refractivity contribution in [2.24, 2.45) is 0 Å². The van der Waals surface area contributed by atoms with Gasteiger partial charge >= 0.3 is 0 Å². The largest absolute Gasteiger partial charge is 0.487 e. The maximum atomic E-state index is 12.4. The van der Waals surface area contributed by atoms with Gasteiger partial charge in [0.2, 0.25) is 0 Å². The molecule has 1 aromatic carbocycles. The molecule has 1 fully saturated rings. The van der Waals surface area contributed by atoms with Crippen molar-refractivity contribution < 1.29 is 9.53 Å². The number of fused-ring (bicyclic) bond motifs is 1. The van der Waals surface area contributed by atoms with Crippen LogP contribution in [0.2, 0.25) is 0 Å². The third kappa shape index (κ3) is 5.66. The topological polar surface area (TPSA) is 62.1 Å². The number of piperazine rings is 1. The zero-order valence-corrected chi connectivity index (χ0v) is 19.1. The monoisotopic (exact) mass is 435 g/mol. The van der Waals surface area contributed by atoms with E-state index in [4.69, 9.17) is 4.74 Å². The van der Waals surface area contributed by atoms with Crippen LogP contribution in [0.5, 0.6) is 5.75 Å². The summed E-state index contributed by atoms with van der Waals surface area (Å²) in [5.41, 5.74) is 3.60. The highest BCUT2D eigenvalue weighted by molar-refractivity contribution is 5.94. The molecule has 2 aromatic heterocycles. The van der Waals surface area contributed by atoms with Gasteiger partial charge in [0.05, 0.1) is 5.69 Å². The molecule has 0 spiro atoms. The van der Waals surface area contributed by atoms with Crippen molar-refractivity contribution >= 4 is 11.6 Å². The number of carbonyl (C=O) groups is 1. The lowest BCUT2D eigenvalue weighted by Crippen LogP contribution is -2.46. The van der Waals surface area contributed by atoms with Crippen molar-refractivity contribution in [3.63, 3.8) is 0 Å². The molecule has 0 atom stereocenters. The average molecular weight is 436 g/mol. The molecule has 7 heteroatoms. The molecule has 0 saturated carbocycles. The Morgan fingerprint density at radius 1 is 1.09 bits per heavy atom. The van der Waals surface area contributed by atoms with Gasteiger partial charge in [0.1, 0.15) is 18.0 Å². The summed E-state index contributed by atoms with van der Waals surface area (Å²) in [6.45, 7) is 12.0. The fourth-order valence-corrected chi connectivity index (χ4v) is 4.07. The number of benzene rings is 1. The number of rotatable bonds is 9. The lowest BCUT2D eigenvalue weighted by Gasteiger charge is -2.33. The summed E-state index contributed by atoms with van der Waals surface area (Å²) in [5, 5.41) is 3.03. The number of aromatic nitrogens is 2.